The summed E-state index contributed by atoms with van der Waals surface area (Å²) in [5.41, 5.74) is 0. The first-order valence-electron chi connectivity index (χ1n) is 5.26. The van der Waals surface area contributed by atoms with Crippen LogP contribution in [-0.4, -0.2) is 63.4 Å². The molecule has 1 heterocycles. The van der Waals surface area contributed by atoms with E-state index in [0.29, 0.717) is 26.3 Å². The Bertz CT molecular complexity index is 265. The van der Waals surface area contributed by atoms with Crippen molar-refractivity contribution in [1.82, 2.24) is 10.2 Å². The Labute approximate surface area is 95.1 Å². The van der Waals surface area contributed by atoms with Gasteiger partial charge in [-0.2, -0.15) is 5.26 Å². The summed E-state index contributed by atoms with van der Waals surface area (Å²) in [6.45, 7) is 2.69. The zero-order chi connectivity index (χ0) is 11.8. The van der Waals surface area contributed by atoms with Gasteiger partial charge >= 0.3 is 0 Å². The van der Waals surface area contributed by atoms with E-state index >= 15 is 0 Å². The molecule has 1 amide bonds. The molecule has 0 aromatic heterocycles. The van der Waals surface area contributed by atoms with E-state index in [1.165, 1.54) is 0 Å². The van der Waals surface area contributed by atoms with Crippen molar-refractivity contribution in [2.45, 2.75) is 6.04 Å². The number of ether oxygens (including phenoxy) is 2. The van der Waals surface area contributed by atoms with Crippen LogP contribution in [0.3, 0.4) is 0 Å². The molecule has 1 saturated heterocycles. The molecule has 1 aliphatic rings. The number of carbonyl (C=O) groups is 1. The number of carbonyl (C=O) groups excluding carboxylic acids is 1. The van der Waals surface area contributed by atoms with Gasteiger partial charge < -0.3 is 19.7 Å². The van der Waals surface area contributed by atoms with E-state index < -0.39 is 0 Å². The van der Waals surface area contributed by atoms with Gasteiger partial charge in [0.1, 0.15) is 12.6 Å². The molecule has 1 N–H and O–H groups in total. The first kappa shape index (κ1) is 12.9. The zero-order valence-electron chi connectivity index (χ0n) is 9.44. The molecule has 1 rings (SSSR count). The van der Waals surface area contributed by atoms with Crippen molar-refractivity contribution in [2.75, 3.05) is 46.6 Å². The maximum atomic E-state index is 11.7. The second-order valence-corrected chi connectivity index (χ2v) is 3.48. The molecule has 0 aliphatic carbocycles. The predicted molar refractivity (Wildman–Crippen MR) is 56.7 cm³/mol. The van der Waals surface area contributed by atoms with Crippen molar-refractivity contribution < 1.29 is 14.3 Å². The van der Waals surface area contributed by atoms with E-state index in [-0.39, 0.29) is 18.6 Å². The van der Waals surface area contributed by atoms with E-state index in [1.54, 1.807) is 12.0 Å². The number of nitrogens with zero attached hydrogens (tertiary/aromatic N) is 2. The number of hydrogen-bond donors (Lipinski definition) is 1. The fourth-order valence-electron chi connectivity index (χ4n) is 1.50. The van der Waals surface area contributed by atoms with E-state index in [0.717, 1.165) is 6.54 Å². The smallest absolute Gasteiger partial charge is 0.249 e. The third-order valence-corrected chi connectivity index (χ3v) is 2.37. The molecule has 16 heavy (non-hydrogen) atoms. The highest BCUT2D eigenvalue weighted by Gasteiger charge is 2.25. The van der Waals surface area contributed by atoms with Crippen molar-refractivity contribution in [1.29, 1.82) is 5.26 Å². The molecule has 6 nitrogen and oxygen atoms in total. The summed E-state index contributed by atoms with van der Waals surface area (Å²) in [7, 11) is 1.58. The molecule has 6 heteroatoms. The van der Waals surface area contributed by atoms with Gasteiger partial charge in [-0.05, 0) is 0 Å². The van der Waals surface area contributed by atoms with Crippen molar-refractivity contribution >= 4 is 5.91 Å². The van der Waals surface area contributed by atoms with Crippen LogP contribution >= 0.6 is 0 Å². The molecule has 0 radical (unpaired) electrons. The van der Waals surface area contributed by atoms with E-state index in [9.17, 15) is 4.79 Å². The highest BCUT2D eigenvalue weighted by molar-refractivity contribution is 5.78. The minimum atomic E-state index is -0.382. The third-order valence-electron chi connectivity index (χ3n) is 2.37. The highest BCUT2D eigenvalue weighted by Crippen LogP contribution is 2.02. The largest absolute Gasteiger partial charge is 0.382 e. The van der Waals surface area contributed by atoms with Gasteiger partial charge in [-0.15, -0.1) is 0 Å². The van der Waals surface area contributed by atoms with Crippen molar-refractivity contribution in [2.24, 2.45) is 0 Å². The average Bonchev–Trinajstić information content (AvgIpc) is 2.34. The summed E-state index contributed by atoms with van der Waals surface area (Å²) in [6, 6.07) is 1.72. The molecular formula is C10H17N3O3. The van der Waals surface area contributed by atoms with Gasteiger partial charge in [-0.1, -0.05) is 0 Å². The normalized spacial score (nSPS) is 20.5. The number of hydrogen-bond acceptors (Lipinski definition) is 5. The summed E-state index contributed by atoms with van der Waals surface area (Å²) in [4.78, 5) is 13.3. The van der Waals surface area contributed by atoms with Crippen LogP contribution < -0.4 is 5.32 Å². The van der Waals surface area contributed by atoms with Crippen LogP contribution in [0.5, 0.6) is 0 Å². The topological polar surface area (TPSA) is 74.6 Å². The number of nitriles is 1. The summed E-state index contributed by atoms with van der Waals surface area (Å²) in [5, 5.41) is 11.9. The van der Waals surface area contributed by atoms with Gasteiger partial charge in [-0.25, -0.2) is 0 Å². The lowest BCUT2D eigenvalue weighted by Crippen LogP contribution is -2.54. The summed E-state index contributed by atoms with van der Waals surface area (Å²) >= 11 is 0. The molecule has 0 aromatic rings. The molecule has 90 valence electrons. The van der Waals surface area contributed by atoms with Gasteiger partial charge in [0.05, 0.1) is 19.3 Å². The molecule has 1 unspecified atom stereocenters. The molecule has 0 bridgehead atoms. The van der Waals surface area contributed by atoms with Crippen molar-refractivity contribution in [3.05, 3.63) is 0 Å². The van der Waals surface area contributed by atoms with Crippen LogP contribution in [0.4, 0.5) is 0 Å². The molecule has 1 atom stereocenters. The lowest BCUT2D eigenvalue weighted by molar-refractivity contribution is -0.138. The number of methoxy groups -OCH3 is 1. The molecule has 0 saturated carbocycles. The van der Waals surface area contributed by atoms with Gasteiger partial charge in [0, 0.05) is 26.7 Å². The number of amides is 1. The minimum absolute atomic E-state index is 0.0154. The number of nitrogens with one attached hydrogen (secondary N) is 1. The maximum absolute atomic E-state index is 11.7. The van der Waals surface area contributed by atoms with E-state index in [4.69, 9.17) is 14.7 Å². The van der Waals surface area contributed by atoms with E-state index in [2.05, 4.69) is 11.4 Å². The Hall–Kier alpha value is -1.16. The first-order valence-corrected chi connectivity index (χ1v) is 5.26. The molecular weight excluding hydrogens is 210 g/mol. The average molecular weight is 227 g/mol. The van der Waals surface area contributed by atoms with Crippen molar-refractivity contribution in [3.63, 3.8) is 0 Å². The second-order valence-electron chi connectivity index (χ2n) is 3.48. The van der Waals surface area contributed by atoms with Gasteiger partial charge in [0.15, 0.2) is 0 Å². The summed E-state index contributed by atoms with van der Waals surface area (Å²) < 4.78 is 9.94. The van der Waals surface area contributed by atoms with Crippen LogP contribution in [0.1, 0.15) is 0 Å². The Balaban J connectivity index is 2.31. The molecule has 1 aliphatic heterocycles. The SMILES string of the molecule is COCCOCC(=O)N1CCNCC1C#N. The second kappa shape index (κ2) is 7.17. The lowest BCUT2D eigenvalue weighted by atomic mass is 10.2. The standard InChI is InChI=1S/C10H17N3O3/c1-15-4-5-16-8-10(14)13-3-2-12-7-9(13)6-11/h9,12H,2-5,7-8H2,1H3. The Morgan fingerprint density at radius 1 is 1.62 bits per heavy atom. The zero-order valence-corrected chi connectivity index (χ0v) is 9.44. The van der Waals surface area contributed by atoms with Crippen LogP contribution in [0.25, 0.3) is 0 Å². The quantitative estimate of drug-likeness (QED) is 0.608. The third kappa shape index (κ3) is 3.77. The maximum Gasteiger partial charge on any atom is 0.249 e. The number of piperazine rings is 1. The summed E-state index contributed by atoms with van der Waals surface area (Å²) in [5.74, 6) is -0.135. The van der Waals surface area contributed by atoms with Crippen molar-refractivity contribution in [3.8, 4) is 6.07 Å². The highest BCUT2D eigenvalue weighted by atomic mass is 16.5. The predicted octanol–water partition coefficient (Wildman–Crippen LogP) is -1.03. The molecule has 0 aromatic carbocycles. The van der Waals surface area contributed by atoms with Crippen LogP contribution in [0.2, 0.25) is 0 Å². The van der Waals surface area contributed by atoms with Gasteiger partial charge in [0.25, 0.3) is 0 Å². The Morgan fingerprint density at radius 2 is 2.44 bits per heavy atom. The fourth-order valence-corrected chi connectivity index (χ4v) is 1.50. The Kier molecular flexibility index (Phi) is 5.78. The number of rotatable bonds is 5. The van der Waals surface area contributed by atoms with Gasteiger partial charge in [0.2, 0.25) is 5.91 Å². The van der Waals surface area contributed by atoms with E-state index in [1.807, 2.05) is 0 Å². The minimum Gasteiger partial charge on any atom is -0.382 e. The summed E-state index contributed by atoms with van der Waals surface area (Å²) in [6.07, 6.45) is 0. The van der Waals surface area contributed by atoms with Crippen LogP contribution in [0.15, 0.2) is 0 Å². The van der Waals surface area contributed by atoms with Gasteiger partial charge in [-0.3, -0.25) is 4.79 Å². The van der Waals surface area contributed by atoms with Crippen LogP contribution in [0, 0.1) is 11.3 Å². The monoisotopic (exact) mass is 227 g/mol. The first-order chi connectivity index (χ1) is 7.79. The molecule has 1 fully saturated rings. The lowest BCUT2D eigenvalue weighted by Gasteiger charge is -2.31. The Morgan fingerprint density at radius 3 is 3.12 bits per heavy atom. The fraction of sp³-hybridized carbons (Fsp3) is 0.800. The van der Waals surface area contributed by atoms with Crippen LogP contribution in [-0.2, 0) is 14.3 Å². The molecule has 0 spiro atoms.